The minimum absolute atomic E-state index is 0.0281. The molecular formula is C23H22ClNO2S. The number of thiophene rings is 1. The van der Waals surface area contributed by atoms with Crippen LogP contribution in [0.1, 0.15) is 41.0 Å². The van der Waals surface area contributed by atoms with Crippen molar-refractivity contribution >= 4 is 28.8 Å². The van der Waals surface area contributed by atoms with Crippen LogP contribution in [0.5, 0.6) is 5.75 Å². The van der Waals surface area contributed by atoms with E-state index in [2.05, 4.69) is 24.3 Å². The number of hydrogen-bond acceptors (Lipinski definition) is 3. The molecule has 144 valence electrons. The third-order valence-electron chi connectivity index (χ3n) is 5.10. The van der Waals surface area contributed by atoms with Gasteiger partial charge in [0.05, 0.1) is 17.7 Å². The van der Waals surface area contributed by atoms with Crippen LogP contribution in [0.25, 0.3) is 11.1 Å². The minimum Gasteiger partial charge on any atom is -0.494 e. The number of likely N-dealkylation sites (tertiary alicyclic amines) is 1. The molecule has 0 bridgehead atoms. The Balaban J connectivity index is 1.70. The van der Waals surface area contributed by atoms with E-state index < -0.39 is 0 Å². The van der Waals surface area contributed by atoms with Gasteiger partial charge in [0.25, 0.3) is 5.91 Å². The van der Waals surface area contributed by atoms with Gasteiger partial charge in [0.1, 0.15) is 10.6 Å². The molecule has 2 aromatic carbocycles. The number of halogens is 1. The monoisotopic (exact) mass is 411 g/mol. The summed E-state index contributed by atoms with van der Waals surface area (Å²) in [5.74, 6) is 0.889. The van der Waals surface area contributed by atoms with E-state index in [1.807, 2.05) is 41.5 Å². The van der Waals surface area contributed by atoms with E-state index in [0.717, 1.165) is 36.3 Å². The normalized spacial score (nSPS) is 16.4. The molecule has 5 heteroatoms. The van der Waals surface area contributed by atoms with Gasteiger partial charge in [-0.05, 0) is 60.0 Å². The molecule has 3 aromatic rings. The van der Waals surface area contributed by atoms with Gasteiger partial charge in [0, 0.05) is 6.54 Å². The molecule has 0 saturated carbocycles. The second kappa shape index (κ2) is 8.38. The first-order chi connectivity index (χ1) is 13.7. The van der Waals surface area contributed by atoms with Gasteiger partial charge in [0.2, 0.25) is 0 Å². The summed E-state index contributed by atoms with van der Waals surface area (Å²) >= 11 is 7.64. The lowest BCUT2D eigenvalue weighted by atomic mass is 9.93. The molecule has 2 heterocycles. The lowest BCUT2D eigenvalue weighted by molar-refractivity contribution is 0.0741. The highest BCUT2D eigenvalue weighted by Crippen LogP contribution is 2.40. The Morgan fingerprint density at radius 2 is 2.07 bits per heavy atom. The second-order valence-electron chi connectivity index (χ2n) is 6.80. The highest BCUT2D eigenvalue weighted by atomic mass is 35.5. The zero-order valence-electron chi connectivity index (χ0n) is 15.7. The van der Waals surface area contributed by atoms with Crippen LogP contribution in [0.4, 0.5) is 0 Å². The van der Waals surface area contributed by atoms with E-state index in [9.17, 15) is 4.79 Å². The van der Waals surface area contributed by atoms with Crippen LogP contribution in [0, 0.1) is 0 Å². The summed E-state index contributed by atoms with van der Waals surface area (Å²) in [4.78, 5) is 15.7. The average molecular weight is 412 g/mol. The van der Waals surface area contributed by atoms with E-state index in [-0.39, 0.29) is 11.9 Å². The largest absolute Gasteiger partial charge is 0.494 e. The molecule has 4 rings (SSSR count). The van der Waals surface area contributed by atoms with Crippen molar-refractivity contribution in [2.75, 3.05) is 13.2 Å². The van der Waals surface area contributed by atoms with Crippen molar-refractivity contribution in [1.29, 1.82) is 0 Å². The molecule has 1 aliphatic heterocycles. The SMILES string of the molecule is CCOc1cccc(-c2ccccc2[C@@H]2CCCN2C(=O)c2sccc2Cl)c1. The minimum atomic E-state index is 0.0281. The van der Waals surface area contributed by atoms with Crippen molar-refractivity contribution in [1.82, 2.24) is 4.90 Å². The van der Waals surface area contributed by atoms with Gasteiger partial charge in [0.15, 0.2) is 0 Å². The van der Waals surface area contributed by atoms with E-state index in [4.69, 9.17) is 16.3 Å². The molecule has 28 heavy (non-hydrogen) atoms. The molecule has 1 atom stereocenters. The van der Waals surface area contributed by atoms with E-state index in [0.29, 0.717) is 16.5 Å². The van der Waals surface area contributed by atoms with Crippen LogP contribution in [0.2, 0.25) is 5.02 Å². The number of ether oxygens (including phenoxy) is 1. The van der Waals surface area contributed by atoms with Crippen LogP contribution in [-0.2, 0) is 0 Å². The predicted molar refractivity (Wildman–Crippen MR) is 115 cm³/mol. The van der Waals surface area contributed by atoms with Crippen LogP contribution in [0.15, 0.2) is 60.0 Å². The number of carbonyl (C=O) groups excluding carboxylic acids is 1. The van der Waals surface area contributed by atoms with Gasteiger partial charge < -0.3 is 9.64 Å². The van der Waals surface area contributed by atoms with E-state index in [1.165, 1.54) is 16.9 Å². The first-order valence-corrected chi connectivity index (χ1v) is 10.8. The Kier molecular flexibility index (Phi) is 5.69. The fraction of sp³-hybridized carbons (Fsp3) is 0.261. The number of hydrogen-bond donors (Lipinski definition) is 0. The maximum absolute atomic E-state index is 13.1. The van der Waals surface area contributed by atoms with Crippen molar-refractivity contribution in [3.8, 4) is 16.9 Å². The average Bonchev–Trinajstić information content (AvgIpc) is 3.37. The molecule has 1 saturated heterocycles. The van der Waals surface area contributed by atoms with Gasteiger partial charge in [-0.15, -0.1) is 11.3 Å². The first kappa shape index (κ1) is 19.0. The van der Waals surface area contributed by atoms with Crippen LogP contribution in [-0.4, -0.2) is 24.0 Å². The molecule has 0 radical (unpaired) electrons. The summed E-state index contributed by atoms with van der Waals surface area (Å²) in [6.45, 7) is 3.38. The first-order valence-electron chi connectivity index (χ1n) is 9.55. The zero-order valence-corrected chi connectivity index (χ0v) is 17.3. The summed E-state index contributed by atoms with van der Waals surface area (Å²) in [7, 11) is 0. The Morgan fingerprint density at radius 1 is 1.21 bits per heavy atom. The number of nitrogens with zero attached hydrogens (tertiary/aromatic N) is 1. The maximum atomic E-state index is 13.1. The molecule has 1 fully saturated rings. The topological polar surface area (TPSA) is 29.5 Å². The third-order valence-corrected chi connectivity index (χ3v) is 6.43. The highest BCUT2D eigenvalue weighted by molar-refractivity contribution is 7.12. The quantitative estimate of drug-likeness (QED) is 0.483. The molecule has 0 aliphatic carbocycles. The number of amides is 1. The van der Waals surface area contributed by atoms with Crippen molar-refractivity contribution in [2.45, 2.75) is 25.8 Å². The fourth-order valence-electron chi connectivity index (χ4n) is 3.88. The lowest BCUT2D eigenvalue weighted by Gasteiger charge is -2.27. The summed E-state index contributed by atoms with van der Waals surface area (Å²) in [6.07, 6.45) is 1.95. The van der Waals surface area contributed by atoms with Crippen LogP contribution >= 0.6 is 22.9 Å². The molecular weight excluding hydrogens is 390 g/mol. The van der Waals surface area contributed by atoms with Crippen molar-refractivity contribution in [2.24, 2.45) is 0 Å². The lowest BCUT2D eigenvalue weighted by Crippen LogP contribution is -2.30. The van der Waals surface area contributed by atoms with E-state index >= 15 is 0 Å². The maximum Gasteiger partial charge on any atom is 0.265 e. The molecule has 3 nitrogen and oxygen atoms in total. The Morgan fingerprint density at radius 3 is 2.86 bits per heavy atom. The molecule has 0 N–H and O–H groups in total. The standard InChI is InChI=1S/C23H22ClNO2S/c1-2-27-17-8-5-7-16(15-17)18-9-3-4-10-19(18)21-11-6-13-25(21)23(26)22-20(24)12-14-28-22/h3-5,7-10,12,14-15,21H,2,6,11,13H2,1H3/t21-/m0/s1. The fourth-order valence-corrected chi connectivity index (χ4v) is 4.97. The number of rotatable bonds is 5. The molecule has 0 unspecified atom stereocenters. The summed E-state index contributed by atoms with van der Waals surface area (Å²) in [6, 6.07) is 18.3. The Labute approximate surface area is 174 Å². The Hall–Kier alpha value is -2.30. The highest BCUT2D eigenvalue weighted by Gasteiger charge is 2.33. The third kappa shape index (κ3) is 3.67. The summed E-state index contributed by atoms with van der Waals surface area (Å²) in [5.41, 5.74) is 3.43. The smallest absolute Gasteiger partial charge is 0.265 e. The Bertz CT molecular complexity index is 984. The van der Waals surface area contributed by atoms with Crippen LogP contribution < -0.4 is 4.74 Å². The molecule has 0 spiro atoms. The van der Waals surface area contributed by atoms with E-state index in [1.54, 1.807) is 6.07 Å². The molecule has 1 amide bonds. The molecule has 1 aromatic heterocycles. The zero-order chi connectivity index (χ0) is 19.5. The van der Waals surface area contributed by atoms with Crippen LogP contribution in [0.3, 0.4) is 0 Å². The van der Waals surface area contributed by atoms with Gasteiger partial charge in [-0.25, -0.2) is 0 Å². The van der Waals surface area contributed by atoms with Crippen molar-refractivity contribution in [3.63, 3.8) is 0 Å². The number of benzene rings is 2. The van der Waals surface area contributed by atoms with Crippen molar-refractivity contribution in [3.05, 3.63) is 75.4 Å². The second-order valence-corrected chi connectivity index (χ2v) is 8.13. The summed E-state index contributed by atoms with van der Waals surface area (Å²) in [5, 5.41) is 2.41. The summed E-state index contributed by atoms with van der Waals surface area (Å²) < 4.78 is 5.68. The van der Waals surface area contributed by atoms with Gasteiger partial charge in [-0.2, -0.15) is 0 Å². The van der Waals surface area contributed by atoms with Gasteiger partial charge in [-0.1, -0.05) is 48.0 Å². The number of carbonyl (C=O) groups is 1. The molecule has 1 aliphatic rings. The van der Waals surface area contributed by atoms with Gasteiger partial charge in [-0.3, -0.25) is 4.79 Å². The predicted octanol–water partition coefficient (Wildman–Crippen LogP) is 6.44. The van der Waals surface area contributed by atoms with Crippen molar-refractivity contribution < 1.29 is 9.53 Å². The van der Waals surface area contributed by atoms with Gasteiger partial charge >= 0.3 is 0 Å².